The van der Waals surface area contributed by atoms with E-state index >= 15 is 0 Å². The lowest BCUT2D eigenvalue weighted by Gasteiger charge is -2.13. The summed E-state index contributed by atoms with van der Waals surface area (Å²) in [5, 5.41) is 13.7. The van der Waals surface area contributed by atoms with Crippen molar-refractivity contribution in [3.8, 4) is 0 Å². The van der Waals surface area contributed by atoms with Gasteiger partial charge in [0.05, 0.1) is 22.9 Å². The van der Waals surface area contributed by atoms with Gasteiger partial charge in [-0.1, -0.05) is 23.8 Å². The highest BCUT2D eigenvalue weighted by Crippen LogP contribution is 2.18. The fourth-order valence-electron chi connectivity index (χ4n) is 2.71. The largest absolute Gasteiger partial charge is 0.387 e. The number of nitrogens with one attached hydrogen (secondary N) is 1. The van der Waals surface area contributed by atoms with Crippen molar-refractivity contribution in [2.24, 2.45) is 0 Å². The predicted octanol–water partition coefficient (Wildman–Crippen LogP) is 3.45. The Balaban J connectivity index is 1.75. The van der Waals surface area contributed by atoms with E-state index in [0.717, 1.165) is 16.5 Å². The van der Waals surface area contributed by atoms with Gasteiger partial charge in [0.2, 0.25) is 0 Å². The van der Waals surface area contributed by atoms with E-state index in [1.807, 2.05) is 31.2 Å². The van der Waals surface area contributed by atoms with Gasteiger partial charge in [-0.2, -0.15) is 0 Å². The third-order valence-corrected chi connectivity index (χ3v) is 4.12. The van der Waals surface area contributed by atoms with Crippen LogP contribution in [-0.4, -0.2) is 22.5 Å². The van der Waals surface area contributed by atoms with Gasteiger partial charge in [0.1, 0.15) is 5.82 Å². The molecule has 0 bridgehead atoms. The first-order valence-corrected chi connectivity index (χ1v) is 8.04. The number of rotatable bonds is 4. The van der Waals surface area contributed by atoms with E-state index in [0.29, 0.717) is 16.8 Å². The van der Waals surface area contributed by atoms with Crippen molar-refractivity contribution in [2.75, 3.05) is 6.54 Å². The minimum absolute atomic E-state index is 0.0375. The van der Waals surface area contributed by atoms with Crippen LogP contribution in [0.25, 0.3) is 10.9 Å². The first-order valence-electron chi connectivity index (χ1n) is 8.04. The lowest BCUT2D eigenvalue weighted by atomic mass is 10.1. The molecule has 0 spiro atoms. The first kappa shape index (κ1) is 17.0. The first-order chi connectivity index (χ1) is 11.9. The number of carbonyl (C=O) groups excluding carboxylic acids is 1. The highest BCUT2D eigenvalue weighted by Gasteiger charge is 2.14. The summed E-state index contributed by atoms with van der Waals surface area (Å²) in [6, 6.07) is 13.2. The minimum atomic E-state index is -0.902. The van der Waals surface area contributed by atoms with Crippen molar-refractivity contribution in [3.05, 3.63) is 76.7 Å². The zero-order valence-electron chi connectivity index (χ0n) is 14.1. The van der Waals surface area contributed by atoms with Gasteiger partial charge in [0.15, 0.2) is 0 Å². The van der Waals surface area contributed by atoms with Crippen LogP contribution < -0.4 is 5.32 Å². The Kier molecular flexibility index (Phi) is 4.76. The second-order valence-electron chi connectivity index (χ2n) is 6.09. The van der Waals surface area contributed by atoms with Gasteiger partial charge in [-0.05, 0) is 49.7 Å². The smallest absolute Gasteiger partial charge is 0.253 e. The quantitative estimate of drug-likeness (QED) is 0.766. The molecule has 1 heterocycles. The number of hydrogen-bond acceptors (Lipinski definition) is 3. The number of nitrogens with zero attached hydrogens (tertiary/aromatic N) is 1. The van der Waals surface area contributed by atoms with Crippen LogP contribution in [0, 0.1) is 19.7 Å². The number of aliphatic hydroxyl groups excluding tert-OH is 1. The number of halogens is 1. The van der Waals surface area contributed by atoms with Crippen molar-refractivity contribution in [1.82, 2.24) is 10.3 Å². The second kappa shape index (κ2) is 6.99. The van der Waals surface area contributed by atoms with Gasteiger partial charge in [0.25, 0.3) is 5.91 Å². The summed E-state index contributed by atoms with van der Waals surface area (Å²) in [6.45, 7) is 3.80. The number of pyridine rings is 1. The number of benzene rings is 2. The van der Waals surface area contributed by atoms with Crippen LogP contribution in [0.1, 0.15) is 33.3 Å². The van der Waals surface area contributed by atoms with E-state index < -0.39 is 6.10 Å². The Labute approximate surface area is 145 Å². The average Bonchev–Trinajstić information content (AvgIpc) is 2.59. The molecule has 128 valence electrons. The van der Waals surface area contributed by atoms with E-state index in [1.54, 1.807) is 6.92 Å². The molecule has 25 heavy (non-hydrogen) atoms. The molecule has 0 aliphatic carbocycles. The zero-order valence-corrected chi connectivity index (χ0v) is 14.1. The van der Waals surface area contributed by atoms with Gasteiger partial charge in [-0.15, -0.1) is 0 Å². The summed E-state index contributed by atoms with van der Waals surface area (Å²) in [6.07, 6.45) is -0.902. The van der Waals surface area contributed by atoms with Crippen LogP contribution in [0.4, 0.5) is 4.39 Å². The second-order valence-corrected chi connectivity index (χ2v) is 6.09. The third-order valence-electron chi connectivity index (χ3n) is 4.12. The number of aliphatic hydroxyl groups is 1. The maximum Gasteiger partial charge on any atom is 0.253 e. The molecule has 2 N–H and O–H groups in total. The summed E-state index contributed by atoms with van der Waals surface area (Å²) >= 11 is 0. The van der Waals surface area contributed by atoms with E-state index in [1.165, 1.54) is 24.3 Å². The molecule has 1 aromatic heterocycles. The van der Waals surface area contributed by atoms with E-state index in [2.05, 4.69) is 10.3 Å². The van der Waals surface area contributed by atoms with Crippen LogP contribution in [0.15, 0.2) is 48.5 Å². The monoisotopic (exact) mass is 338 g/mol. The van der Waals surface area contributed by atoms with Gasteiger partial charge >= 0.3 is 0 Å². The number of carbonyl (C=O) groups is 1. The molecule has 0 aliphatic rings. The molecule has 1 atom stereocenters. The standard InChI is InChI=1S/C20H19FN2O2/c1-12-3-8-18-15(9-12)10-17(13(2)23-18)20(25)22-11-19(24)14-4-6-16(21)7-5-14/h3-10,19,24H,11H2,1-2H3,(H,22,25). The molecular weight excluding hydrogens is 319 g/mol. The molecule has 0 aliphatic heterocycles. The summed E-state index contributed by atoms with van der Waals surface area (Å²) in [5.74, 6) is -0.664. The lowest BCUT2D eigenvalue weighted by molar-refractivity contribution is 0.0915. The summed E-state index contributed by atoms with van der Waals surface area (Å²) < 4.78 is 12.9. The van der Waals surface area contributed by atoms with Gasteiger partial charge < -0.3 is 10.4 Å². The van der Waals surface area contributed by atoms with Crippen molar-refractivity contribution in [3.63, 3.8) is 0 Å². The maximum absolute atomic E-state index is 12.9. The van der Waals surface area contributed by atoms with Crippen LogP contribution in [-0.2, 0) is 0 Å². The SMILES string of the molecule is Cc1ccc2nc(C)c(C(=O)NCC(O)c3ccc(F)cc3)cc2c1. The molecular formula is C20H19FN2O2. The molecule has 1 unspecified atom stereocenters. The van der Waals surface area contributed by atoms with Crippen molar-refractivity contribution >= 4 is 16.8 Å². The summed E-state index contributed by atoms with van der Waals surface area (Å²) in [4.78, 5) is 16.9. The molecule has 0 saturated carbocycles. The molecule has 3 aromatic rings. The van der Waals surface area contributed by atoms with Crippen LogP contribution in [0.2, 0.25) is 0 Å². The van der Waals surface area contributed by atoms with Crippen LogP contribution in [0.3, 0.4) is 0 Å². The predicted molar refractivity (Wildman–Crippen MR) is 94.9 cm³/mol. The normalized spacial score (nSPS) is 12.2. The highest BCUT2D eigenvalue weighted by atomic mass is 19.1. The molecule has 1 amide bonds. The molecule has 3 rings (SSSR count). The Morgan fingerprint density at radius 1 is 1.16 bits per heavy atom. The minimum Gasteiger partial charge on any atom is -0.387 e. The Morgan fingerprint density at radius 2 is 1.88 bits per heavy atom. The van der Waals surface area contributed by atoms with Crippen molar-refractivity contribution < 1.29 is 14.3 Å². The number of hydrogen-bond donors (Lipinski definition) is 2. The van der Waals surface area contributed by atoms with E-state index in [9.17, 15) is 14.3 Å². The number of aryl methyl sites for hydroxylation is 2. The fourth-order valence-corrected chi connectivity index (χ4v) is 2.71. The van der Waals surface area contributed by atoms with Crippen molar-refractivity contribution in [1.29, 1.82) is 0 Å². The summed E-state index contributed by atoms with van der Waals surface area (Å²) in [7, 11) is 0. The van der Waals surface area contributed by atoms with Crippen LogP contribution in [0.5, 0.6) is 0 Å². The molecule has 5 heteroatoms. The van der Waals surface area contributed by atoms with Gasteiger partial charge in [-0.25, -0.2) is 4.39 Å². The molecule has 0 radical (unpaired) electrons. The number of fused-ring (bicyclic) bond motifs is 1. The van der Waals surface area contributed by atoms with E-state index in [-0.39, 0.29) is 18.3 Å². The molecule has 4 nitrogen and oxygen atoms in total. The average molecular weight is 338 g/mol. The van der Waals surface area contributed by atoms with E-state index in [4.69, 9.17) is 0 Å². The van der Waals surface area contributed by atoms with Gasteiger partial charge in [-0.3, -0.25) is 9.78 Å². The molecule has 0 saturated heterocycles. The number of amides is 1. The fraction of sp³-hybridized carbons (Fsp3) is 0.200. The lowest BCUT2D eigenvalue weighted by Crippen LogP contribution is -2.29. The van der Waals surface area contributed by atoms with Crippen molar-refractivity contribution in [2.45, 2.75) is 20.0 Å². The number of aromatic nitrogens is 1. The Morgan fingerprint density at radius 3 is 2.60 bits per heavy atom. The Hall–Kier alpha value is -2.79. The topological polar surface area (TPSA) is 62.2 Å². The third kappa shape index (κ3) is 3.83. The summed E-state index contributed by atoms with van der Waals surface area (Å²) in [5.41, 5.74) is 3.59. The van der Waals surface area contributed by atoms with Gasteiger partial charge in [0, 0.05) is 11.9 Å². The highest BCUT2D eigenvalue weighted by molar-refractivity contribution is 5.98. The zero-order chi connectivity index (χ0) is 18.0. The molecule has 2 aromatic carbocycles. The molecule has 0 fully saturated rings. The Bertz CT molecular complexity index is 923. The van der Waals surface area contributed by atoms with Crippen LogP contribution >= 0.6 is 0 Å². The maximum atomic E-state index is 12.9.